The van der Waals surface area contributed by atoms with E-state index >= 15 is 0 Å². The second kappa shape index (κ2) is 3.96. The molecular formula is C8H8BrF2N. The molecule has 2 N–H and O–H groups in total. The maximum absolute atomic E-state index is 13.1. The molecule has 0 spiro atoms. The van der Waals surface area contributed by atoms with E-state index in [4.69, 9.17) is 5.73 Å². The SMILES string of the molecule is N[C@@H](CF)c1cccc(Br)c1F. The highest BCUT2D eigenvalue weighted by Gasteiger charge is 2.12. The van der Waals surface area contributed by atoms with Crippen molar-refractivity contribution >= 4 is 15.9 Å². The summed E-state index contributed by atoms with van der Waals surface area (Å²) in [5.41, 5.74) is 5.53. The lowest BCUT2D eigenvalue weighted by molar-refractivity contribution is 0.426. The molecule has 1 aromatic rings. The van der Waals surface area contributed by atoms with Crippen LogP contribution in [0.25, 0.3) is 0 Å². The first-order chi connectivity index (χ1) is 5.66. The molecule has 0 bridgehead atoms. The van der Waals surface area contributed by atoms with E-state index in [9.17, 15) is 8.78 Å². The van der Waals surface area contributed by atoms with Crippen LogP contribution in [0.4, 0.5) is 8.78 Å². The van der Waals surface area contributed by atoms with Crippen molar-refractivity contribution in [3.63, 3.8) is 0 Å². The lowest BCUT2D eigenvalue weighted by atomic mass is 10.1. The Morgan fingerprint density at radius 3 is 2.75 bits per heavy atom. The van der Waals surface area contributed by atoms with Crippen LogP contribution in [0.1, 0.15) is 11.6 Å². The molecule has 0 aromatic heterocycles. The van der Waals surface area contributed by atoms with Crippen molar-refractivity contribution in [1.82, 2.24) is 0 Å². The van der Waals surface area contributed by atoms with E-state index in [1.807, 2.05) is 0 Å². The van der Waals surface area contributed by atoms with Crippen molar-refractivity contribution in [3.8, 4) is 0 Å². The van der Waals surface area contributed by atoms with Crippen LogP contribution in [0.2, 0.25) is 0 Å². The standard InChI is InChI=1S/C8H8BrF2N/c9-6-3-1-2-5(8(6)11)7(12)4-10/h1-3,7H,4,12H2/t7-/m0/s1. The van der Waals surface area contributed by atoms with Gasteiger partial charge in [-0.25, -0.2) is 8.78 Å². The summed E-state index contributed by atoms with van der Waals surface area (Å²) in [4.78, 5) is 0. The Kier molecular flexibility index (Phi) is 3.17. The highest BCUT2D eigenvalue weighted by molar-refractivity contribution is 9.10. The highest BCUT2D eigenvalue weighted by Crippen LogP contribution is 2.22. The fourth-order valence-corrected chi connectivity index (χ4v) is 1.27. The van der Waals surface area contributed by atoms with Crippen molar-refractivity contribution < 1.29 is 8.78 Å². The van der Waals surface area contributed by atoms with Gasteiger partial charge < -0.3 is 5.73 Å². The molecule has 0 unspecified atom stereocenters. The van der Waals surface area contributed by atoms with Crippen molar-refractivity contribution in [2.24, 2.45) is 5.73 Å². The third-order valence-corrected chi connectivity index (χ3v) is 2.16. The largest absolute Gasteiger partial charge is 0.322 e. The van der Waals surface area contributed by atoms with Crippen LogP contribution in [0.15, 0.2) is 22.7 Å². The Labute approximate surface area is 77.7 Å². The zero-order valence-electron chi connectivity index (χ0n) is 6.23. The zero-order valence-corrected chi connectivity index (χ0v) is 7.81. The number of nitrogens with two attached hydrogens (primary N) is 1. The lowest BCUT2D eigenvalue weighted by Crippen LogP contribution is -2.14. The molecule has 0 saturated heterocycles. The molecule has 0 heterocycles. The monoisotopic (exact) mass is 235 g/mol. The molecule has 4 heteroatoms. The normalized spacial score (nSPS) is 13.0. The number of hydrogen-bond donors (Lipinski definition) is 1. The molecule has 0 amide bonds. The van der Waals surface area contributed by atoms with Gasteiger partial charge in [-0.1, -0.05) is 12.1 Å². The van der Waals surface area contributed by atoms with E-state index in [0.717, 1.165) is 0 Å². The molecule has 0 fully saturated rings. The number of alkyl halides is 1. The van der Waals surface area contributed by atoms with Gasteiger partial charge in [-0.15, -0.1) is 0 Å². The van der Waals surface area contributed by atoms with Crippen molar-refractivity contribution in [2.45, 2.75) is 6.04 Å². The van der Waals surface area contributed by atoms with E-state index in [0.29, 0.717) is 4.47 Å². The maximum Gasteiger partial charge on any atom is 0.142 e. The molecule has 1 nitrogen and oxygen atoms in total. The number of rotatable bonds is 2. The molecule has 12 heavy (non-hydrogen) atoms. The summed E-state index contributed by atoms with van der Waals surface area (Å²) in [6.45, 7) is -0.757. The number of halogens is 3. The predicted molar refractivity (Wildman–Crippen MR) is 47.0 cm³/mol. The van der Waals surface area contributed by atoms with Gasteiger partial charge in [-0.2, -0.15) is 0 Å². The van der Waals surface area contributed by atoms with Gasteiger partial charge in [0.1, 0.15) is 12.5 Å². The topological polar surface area (TPSA) is 26.0 Å². The molecule has 1 aromatic carbocycles. The average Bonchev–Trinajstić information content (AvgIpc) is 2.08. The summed E-state index contributed by atoms with van der Waals surface area (Å²) < 4.78 is 25.5. The summed E-state index contributed by atoms with van der Waals surface area (Å²) in [6, 6.07) is 3.77. The summed E-state index contributed by atoms with van der Waals surface area (Å²) in [7, 11) is 0. The molecule has 0 aliphatic heterocycles. The minimum Gasteiger partial charge on any atom is -0.322 e. The predicted octanol–water partition coefficient (Wildman–Crippen LogP) is 2.56. The van der Waals surface area contributed by atoms with Gasteiger partial charge in [0.05, 0.1) is 10.5 Å². The Hall–Kier alpha value is -0.480. The van der Waals surface area contributed by atoms with Crippen LogP contribution < -0.4 is 5.73 Å². The molecule has 1 atom stereocenters. The third kappa shape index (κ3) is 1.81. The van der Waals surface area contributed by atoms with Gasteiger partial charge in [0.2, 0.25) is 0 Å². The van der Waals surface area contributed by atoms with E-state index in [1.54, 1.807) is 12.1 Å². The average molecular weight is 236 g/mol. The first-order valence-corrected chi connectivity index (χ1v) is 4.21. The minimum atomic E-state index is -0.873. The van der Waals surface area contributed by atoms with E-state index in [2.05, 4.69) is 15.9 Å². The van der Waals surface area contributed by atoms with E-state index in [-0.39, 0.29) is 5.56 Å². The molecule has 1 rings (SSSR count). The van der Waals surface area contributed by atoms with Gasteiger partial charge in [-0.05, 0) is 22.0 Å². The Morgan fingerprint density at radius 1 is 1.50 bits per heavy atom. The van der Waals surface area contributed by atoms with Gasteiger partial charge in [-0.3, -0.25) is 0 Å². The summed E-state index contributed by atoms with van der Waals surface area (Å²) >= 11 is 2.99. The first-order valence-electron chi connectivity index (χ1n) is 3.42. The van der Waals surface area contributed by atoms with Gasteiger partial charge in [0.25, 0.3) is 0 Å². The summed E-state index contributed by atoms with van der Waals surface area (Å²) in [5.74, 6) is -0.484. The zero-order chi connectivity index (χ0) is 9.14. The fraction of sp³-hybridized carbons (Fsp3) is 0.250. The van der Waals surface area contributed by atoms with E-state index < -0.39 is 18.5 Å². The van der Waals surface area contributed by atoms with Crippen molar-refractivity contribution in [1.29, 1.82) is 0 Å². The maximum atomic E-state index is 13.1. The first kappa shape index (κ1) is 9.61. The van der Waals surface area contributed by atoms with Crippen LogP contribution >= 0.6 is 15.9 Å². The Bertz CT molecular complexity index is 278. The van der Waals surface area contributed by atoms with Crippen LogP contribution in [-0.4, -0.2) is 6.67 Å². The minimum absolute atomic E-state index is 0.201. The second-order valence-electron chi connectivity index (χ2n) is 2.40. The quantitative estimate of drug-likeness (QED) is 0.838. The molecule has 0 aliphatic rings. The molecular weight excluding hydrogens is 228 g/mol. The summed E-state index contributed by atoms with van der Waals surface area (Å²) in [5, 5.41) is 0. The number of benzene rings is 1. The fourth-order valence-electron chi connectivity index (χ4n) is 0.890. The molecule has 0 saturated carbocycles. The van der Waals surface area contributed by atoms with Crippen LogP contribution in [0, 0.1) is 5.82 Å². The third-order valence-electron chi connectivity index (χ3n) is 1.55. The van der Waals surface area contributed by atoms with E-state index in [1.165, 1.54) is 6.07 Å². The van der Waals surface area contributed by atoms with Crippen molar-refractivity contribution in [3.05, 3.63) is 34.1 Å². The molecule has 0 aliphatic carbocycles. The number of hydrogen-bond acceptors (Lipinski definition) is 1. The highest BCUT2D eigenvalue weighted by atomic mass is 79.9. The van der Waals surface area contributed by atoms with Crippen LogP contribution in [0.3, 0.4) is 0 Å². The van der Waals surface area contributed by atoms with Crippen LogP contribution in [0.5, 0.6) is 0 Å². The Morgan fingerprint density at radius 2 is 2.17 bits per heavy atom. The van der Waals surface area contributed by atoms with Crippen LogP contribution in [-0.2, 0) is 0 Å². The second-order valence-corrected chi connectivity index (χ2v) is 3.26. The molecule has 0 radical (unpaired) electrons. The smallest absolute Gasteiger partial charge is 0.142 e. The molecule has 66 valence electrons. The van der Waals surface area contributed by atoms with Crippen molar-refractivity contribution in [2.75, 3.05) is 6.67 Å². The Balaban J connectivity index is 3.07. The lowest BCUT2D eigenvalue weighted by Gasteiger charge is -2.08. The van der Waals surface area contributed by atoms with Gasteiger partial charge >= 0.3 is 0 Å². The van der Waals surface area contributed by atoms with Gasteiger partial charge in [0.15, 0.2) is 0 Å². The van der Waals surface area contributed by atoms with Gasteiger partial charge in [0, 0.05) is 5.56 Å². The summed E-state index contributed by atoms with van der Waals surface area (Å²) in [6.07, 6.45) is 0.